The Morgan fingerprint density at radius 2 is 2.05 bits per heavy atom. The Balaban J connectivity index is 2.59. The van der Waals surface area contributed by atoms with Crippen LogP contribution in [0.1, 0.15) is 10.4 Å². The van der Waals surface area contributed by atoms with E-state index >= 15 is 0 Å². The van der Waals surface area contributed by atoms with Crippen LogP contribution in [0.2, 0.25) is 5.02 Å². The standard InChI is InChI=1S/C13H12ClNO4S2/c1-15(10-5-6-20-8-10)21(17,18)12-7-9(14)3-4-11(12)13(16)19-2/h3-8H,1-2H3. The zero-order chi connectivity index (χ0) is 15.6. The van der Waals surface area contributed by atoms with E-state index in [1.54, 1.807) is 16.8 Å². The third-order valence-electron chi connectivity index (χ3n) is 2.86. The Labute approximate surface area is 131 Å². The van der Waals surface area contributed by atoms with Crippen LogP contribution in [0, 0.1) is 0 Å². The van der Waals surface area contributed by atoms with Crippen molar-refractivity contribution in [2.75, 3.05) is 18.5 Å². The lowest BCUT2D eigenvalue weighted by Crippen LogP contribution is -2.28. The summed E-state index contributed by atoms with van der Waals surface area (Å²) in [6, 6.07) is 5.69. The number of benzene rings is 1. The summed E-state index contributed by atoms with van der Waals surface area (Å²) in [5, 5.41) is 3.68. The fourth-order valence-corrected chi connectivity index (χ4v) is 4.08. The second kappa shape index (κ2) is 6.05. The van der Waals surface area contributed by atoms with E-state index in [0.717, 1.165) is 4.31 Å². The minimum Gasteiger partial charge on any atom is -0.465 e. The third kappa shape index (κ3) is 3.04. The number of anilines is 1. The SMILES string of the molecule is COC(=O)c1ccc(Cl)cc1S(=O)(=O)N(C)c1ccsc1. The molecular weight excluding hydrogens is 334 g/mol. The van der Waals surface area contributed by atoms with Gasteiger partial charge in [0, 0.05) is 17.5 Å². The zero-order valence-electron chi connectivity index (χ0n) is 11.2. The Morgan fingerprint density at radius 3 is 2.62 bits per heavy atom. The van der Waals surface area contributed by atoms with Crippen molar-refractivity contribution in [2.24, 2.45) is 0 Å². The predicted molar refractivity (Wildman–Crippen MR) is 82.7 cm³/mol. The van der Waals surface area contributed by atoms with Crippen molar-refractivity contribution in [3.8, 4) is 0 Å². The van der Waals surface area contributed by atoms with E-state index in [9.17, 15) is 13.2 Å². The van der Waals surface area contributed by atoms with Crippen LogP contribution < -0.4 is 4.31 Å². The summed E-state index contributed by atoms with van der Waals surface area (Å²) in [5.41, 5.74) is 0.458. The Hall–Kier alpha value is -1.57. The fourth-order valence-electron chi connectivity index (χ4n) is 1.71. The number of thiophene rings is 1. The first-order chi connectivity index (χ1) is 9.87. The summed E-state index contributed by atoms with van der Waals surface area (Å²) in [6.07, 6.45) is 0. The van der Waals surface area contributed by atoms with E-state index in [-0.39, 0.29) is 15.5 Å². The number of ether oxygens (including phenoxy) is 1. The van der Waals surface area contributed by atoms with E-state index in [1.165, 1.54) is 43.7 Å². The molecule has 1 aromatic heterocycles. The Morgan fingerprint density at radius 1 is 1.33 bits per heavy atom. The van der Waals surface area contributed by atoms with Gasteiger partial charge in [0.05, 0.1) is 18.4 Å². The van der Waals surface area contributed by atoms with Gasteiger partial charge in [-0.15, -0.1) is 0 Å². The molecule has 112 valence electrons. The summed E-state index contributed by atoms with van der Waals surface area (Å²) < 4.78 is 31.1. The van der Waals surface area contributed by atoms with Gasteiger partial charge in [0.25, 0.3) is 10.0 Å². The predicted octanol–water partition coefficient (Wildman–Crippen LogP) is 3.01. The summed E-state index contributed by atoms with van der Waals surface area (Å²) in [4.78, 5) is 11.6. The van der Waals surface area contributed by atoms with E-state index < -0.39 is 16.0 Å². The van der Waals surface area contributed by atoms with Crippen LogP contribution >= 0.6 is 22.9 Å². The largest absolute Gasteiger partial charge is 0.465 e. The zero-order valence-corrected chi connectivity index (χ0v) is 13.6. The molecule has 21 heavy (non-hydrogen) atoms. The minimum atomic E-state index is -3.92. The van der Waals surface area contributed by atoms with Crippen molar-refractivity contribution >= 4 is 44.6 Å². The van der Waals surface area contributed by atoms with Gasteiger partial charge in [-0.2, -0.15) is 11.3 Å². The number of methoxy groups -OCH3 is 1. The fraction of sp³-hybridized carbons (Fsp3) is 0.154. The molecule has 0 bridgehead atoms. The molecule has 0 unspecified atom stereocenters. The van der Waals surface area contributed by atoms with Gasteiger partial charge in [-0.05, 0) is 29.6 Å². The number of halogens is 1. The smallest absolute Gasteiger partial charge is 0.339 e. The second-order valence-electron chi connectivity index (χ2n) is 4.09. The summed E-state index contributed by atoms with van der Waals surface area (Å²) in [5.74, 6) is -0.732. The lowest BCUT2D eigenvalue weighted by molar-refractivity contribution is 0.0596. The highest BCUT2D eigenvalue weighted by Gasteiger charge is 2.28. The van der Waals surface area contributed by atoms with E-state index in [2.05, 4.69) is 4.74 Å². The number of hydrogen-bond donors (Lipinski definition) is 0. The van der Waals surface area contributed by atoms with Gasteiger partial charge in [0.1, 0.15) is 4.90 Å². The maximum atomic E-state index is 12.7. The average molecular weight is 346 g/mol. The molecule has 0 N–H and O–H groups in total. The molecule has 0 aliphatic rings. The molecule has 0 aliphatic heterocycles. The van der Waals surface area contributed by atoms with Gasteiger partial charge in [0.15, 0.2) is 0 Å². The third-order valence-corrected chi connectivity index (χ3v) is 5.59. The number of esters is 1. The highest BCUT2D eigenvalue weighted by atomic mass is 35.5. The maximum Gasteiger partial charge on any atom is 0.339 e. The summed E-state index contributed by atoms with van der Waals surface area (Å²) >= 11 is 7.24. The van der Waals surface area contributed by atoms with Crippen molar-refractivity contribution in [3.05, 3.63) is 45.6 Å². The molecule has 0 spiro atoms. The second-order valence-corrected chi connectivity index (χ2v) is 7.24. The van der Waals surface area contributed by atoms with Crippen LogP contribution in [0.5, 0.6) is 0 Å². The monoisotopic (exact) mass is 345 g/mol. The van der Waals surface area contributed by atoms with Crippen molar-refractivity contribution in [1.82, 2.24) is 0 Å². The first kappa shape index (κ1) is 15.8. The Bertz CT molecular complexity index is 756. The van der Waals surface area contributed by atoms with Crippen LogP contribution in [0.25, 0.3) is 0 Å². The van der Waals surface area contributed by atoms with Gasteiger partial charge in [-0.3, -0.25) is 4.31 Å². The lowest BCUT2D eigenvalue weighted by Gasteiger charge is -2.19. The molecule has 0 amide bonds. The molecule has 1 aromatic carbocycles. The molecule has 0 saturated carbocycles. The van der Waals surface area contributed by atoms with Gasteiger partial charge >= 0.3 is 5.97 Å². The molecule has 2 rings (SSSR count). The van der Waals surface area contributed by atoms with Gasteiger partial charge in [0.2, 0.25) is 0 Å². The van der Waals surface area contributed by atoms with E-state index in [4.69, 9.17) is 11.6 Å². The minimum absolute atomic E-state index is 0.0519. The number of hydrogen-bond acceptors (Lipinski definition) is 5. The van der Waals surface area contributed by atoms with Gasteiger partial charge < -0.3 is 4.74 Å². The van der Waals surface area contributed by atoms with Crippen LogP contribution in [0.4, 0.5) is 5.69 Å². The molecule has 5 nitrogen and oxygen atoms in total. The first-order valence-corrected chi connectivity index (χ1v) is 8.53. The summed E-state index contributed by atoms with van der Waals surface area (Å²) in [6.45, 7) is 0. The Kier molecular flexibility index (Phi) is 4.55. The van der Waals surface area contributed by atoms with Crippen LogP contribution in [0.3, 0.4) is 0 Å². The highest BCUT2D eigenvalue weighted by Crippen LogP contribution is 2.28. The maximum absolute atomic E-state index is 12.7. The number of carbonyl (C=O) groups is 1. The molecule has 0 aliphatic carbocycles. The van der Waals surface area contributed by atoms with Crippen molar-refractivity contribution in [1.29, 1.82) is 0 Å². The average Bonchev–Trinajstić information content (AvgIpc) is 2.99. The molecule has 0 atom stereocenters. The van der Waals surface area contributed by atoms with Crippen molar-refractivity contribution in [2.45, 2.75) is 4.90 Å². The topological polar surface area (TPSA) is 63.7 Å². The van der Waals surface area contributed by atoms with Crippen LogP contribution in [-0.2, 0) is 14.8 Å². The van der Waals surface area contributed by atoms with Gasteiger partial charge in [-0.25, -0.2) is 13.2 Å². The van der Waals surface area contributed by atoms with Gasteiger partial charge in [-0.1, -0.05) is 11.6 Å². The quantitative estimate of drug-likeness (QED) is 0.799. The molecule has 1 heterocycles. The summed E-state index contributed by atoms with van der Waals surface area (Å²) in [7, 11) is -1.31. The number of nitrogens with zero attached hydrogens (tertiary/aromatic N) is 1. The highest BCUT2D eigenvalue weighted by molar-refractivity contribution is 7.92. The van der Waals surface area contributed by atoms with Crippen molar-refractivity contribution < 1.29 is 17.9 Å². The normalized spacial score (nSPS) is 11.2. The number of sulfonamides is 1. The van der Waals surface area contributed by atoms with Crippen molar-refractivity contribution in [3.63, 3.8) is 0 Å². The molecule has 0 saturated heterocycles. The van der Waals surface area contributed by atoms with Crippen LogP contribution in [0.15, 0.2) is 39.9 Å². The van der Waals surface area contributed by atoms with Crippen LogP contribution in [-0.4, -0.2) is 28.5 Å². The van der Waals surface area contributed by atoms with E-state index in [1.807, 2.05) is 0 Å². The lowest BCUT2D eigenvalue weighted by atomic mass is 10.2. The molecular formula is C13H12ClNO4S2. The number of rotatable bonds is 4. The number of carbonyl (C=O) groups excluding carboxylic acids is 1. The van der Waals surface area contributed by atoms with E-state index in [0.29, 0.717) is 5.69 Å². The first-order valence-electron chi connectivity index (χ1n) is 5.77. The molecule has 0 fully saturated rings. The molecule has 0 radical (unpaired) electrons. The molecule has 8 heteroatoms. The molecule has 2 aromatic rings.